The number of rotatable bonds is 4. The Labute approximate surface area is 133 Å². The van der Waals surface area contributed by atoms with E-state index >= 15 is 0 Å². The van der Waals surface area contributed by atoms with Crippen LogP contribution in [0, 0.1) is 0 Å². The minimum Gasteiger partial charge on any atom is -0.369 e. The van der Waals surface area contributed by atoms with Gasteiger partial charge in [0, 0.05) is 24.2 Å². The molecule has 0 aromatic carbocycles. The molecule has 1 aliphatic heterocycles. The number of nitrogens with zero attached hydrogens (tertiary/aromatic N) is 2. The van der Waals surface area contributed by atoms with Gasteiger partial charge in [-0.3, -0.25) is 4.79 Å². The molecule has 1 atom stereocenters. The normalized spacial score (nSPS) is 18.2. The minimum atomic E-state index is -0.0833. The fourth-order valence-corrected chi connectivity index (χ4v) is 3.24. The highest BCUT2D eigenvalue weighted by Crippen LogP contribution is 2.28. The Morgan fingerprint density at radius 1 is 1.50 bits per heavy atom. The lowest BCUT2D eigenvalue weighted by atomic mass is 10.2. The second-order valence-corrected chi connectivity index (χ2v) is 6.06. The van der Waals surface area contributed by atoms with Gasteiger partial charge in [0.1, 0.15) is 11.9 Å². The van der Waals surface area contributed by atoms with Gasteiger partial charge < -0.3 is 15.0 Å². The first-order valence-electron chi connectivity index (χ1n) is 7.42. The van der Waals surface area contributed by atoms with Gasteiger partial charge in [-0.2, -0.15) is 0 Å². The van der Waals surface area contributed by atoms with Crippen molar-refractivity contribution in [1.29, 1.82) is 0 Å². The first-order valence-corrected chi connectivity index (χ1v) is 8.30. The lowest BCUT2D eigenvalue weighted by Crippen LogP contribution is -2.38. The number of amides is 1. The van der Waals surface area contributed by atoms with Crippen LogP contribution in [0.4, 0.5) is 5.82 Å². The van der Waals surface area contributed by atoms with Crippen LogP contribution in [0.3, 0.4) is 0 Å². The van der Waals surface area contributed by atoms with Crippen LogP contribution in [0.2, 0.25) is 0 Å². The fourth-order valence-electron chi connectivity index (χ4n) is 2.47. The van der Waals surface area contributed by atoms with E-state index in [9.17, 15) is 4.79 Å². The number of carbonyl (C=O) groups excluding carboxylic acids is 1. The van der Waals surface area contributed by atoms with Gasteiger partial charge in [-0.05, 0) is 30.5 Å². The van der Waals surface area contributed by atoms with Crippen molar-refractivity contribution in [2.45, 2.75) is 13.0 Å². The third kappa shape index (κ3) is 3.28. The molecule has 0 bridgehead atoms. The van der Waals surface area contributed by atoms with Crippen molar-refractivity contribution >= 4 is 23.1 Å². The van der Waals surface area contributed by atoms with Gasteiger partial charge in [-0.15, -0.1) is 11.3 Å². The van der Waals surface area contributed by atoms with Crippen LogP contribution < -0.4 is 10.2 Å². The molecule has 0 aliphatic carbocycles. The van der Waals surface area contributed by atoms with Crippen molar-refractivity contribution in [2.75, 3.05) is 31.1 Å². The molecule has 1 fully saturated rings. The highest BCUT2D eigenvalue weighted by molar-refractivity contribution is 7.10. The molecule has 1 N–H and O–H groups in total. The SMILES string of the molecule is CCNC(=O)c1ccc(N2CCOC(c3cccs3)C2)nc1. The molecule has 116 valence electrons. The van der Waals surface area contributed by atoms with Crippen molar-refractivity contribution in [3.8, 4) is 0 Å². The number of aromatic nitrogens is 1. The Morgan fingerprint density at radius 3 is 3.09 bits per heavy atom. The van der Waals surface area contributed by atoms with E-state index in [-0.39, 0.29) is 12.0 Å². The monoisotopic (exact) mass is 317 g/mol. The predicted octanol–water partition coefficient (Wildman–Crippen LogP) is 2.47. The zero-order valence-corrected chi connectivity index (χ0v) is 13.3. The van der Waals surface area contributed by atoms with E-state index in [0.717, 1.165) is 18.9 Å². The van der Waals surface area contributed by atoms with Crippen LogP contribution in [-0.4, -0.2) is 37.1 Å². The van der Waals surface area contributed by atoms with Gasteiger partial charge in [0.2, 0.25) is 0 Å². The Morgan fingerprint density at radius 2 is 2.41 bits per heavy atom. The summed E-state index contributed by atoms with van der Waals surface area (Å²) in [6.45, 7) is 4.80. The number of nitrogens with one attached hydrogen (secondary N) is 1. The molecule has 3 heterocycles. The first kappa shape index (κ1) is 15.0. The van der Waals surface area contributed by atoms with Crippen molar-refractivity contribution in [1.82, 2.24) is 10.3 Å². The second kappa shape index (κ2) is 6.89. The number of hydrogen-bond acceptors (Lipinski definition) is 5. The smallest absolute Gasteiger partial charge is 0.252 e. The highest BCUT2D eigenvalue weighted by atomic mass is 32.1. The molecule has 6 heteroatoms. The fraction of sp³-hybridized carbons (Fsp3) is 0.375. The van der Waals surface area contributed by atoms with E-state index in [0.29, 0.717) is 18.7 Å². The molecule has 1 amide bonds. The number of anilines is 1. The average molecular weight is 317 g/mol. The summed E-state index contributed by atoms with van der Waals surface area (Å²) in [7, 11) is 0. The van der Waals surface area contributed by atoms with E-state index < -0.39 is 0 Å². The Bertz CT molecular complexity index is 613. The Balaban J connectivity index is 1.69. The summed E-state index contributed by atoms with van der Waals surface area (Å²) in [4.78, 5) is 19.6. The van der Waals surface area contributed by atoms with E-state index in [1.54, 1.807) is 17.5 Å². The third-order valence-electron chi connectivity index (χ3n) is 3.60. The van der Waals surface area contributed by atoms with E-state index in [1.165, 1.54) is 4.88 Å². The van der Waals surface area contributed by atoms with Crippen LogP contribution in [-0.2, 0) is 4.74 Å². The van der Waals surface area contributed by atoms with Gasteiger partial charge >= 0.3 is 0 Å². The number of morpholine rings is 1. The summed E-state index contributed by atoms with van der Waals surface area (Å²) < 4.78 is 5.84. The number of pyridine rings is 1. The van der Waals surface area contributed by atoms with Crippen LogP contribution in [0.1, 0.15) is 28.3 Å². The molecule has 1 unspecified atom stereocenters. The number of hydrogen-bond donors (Lipinski definition) is 1. The maximum atomic E-state index is 11.8. The van der Waals surface area contributed by atoms with E-state index in [1.807, 2.05) is 25.1 Å². The van der Waals surface area contributed by atoms with Crippen molar-refractivity contribution < 1.29 is 9.53 Å². The topological polar surface area (TPSA) is 54.5 Å². The average Bonchev–Trinajstić information content (AvgIpc) is 3.10. The lowest BCUT2D eigenvalue weighted by Gasteiger charge is -2.33. The van der Waals surface area contributed by atoms with Crippen LogP contribution >= 0.6 is 11.3 Å². The molecule has 3 rings (SSSR count). The summed E-state index contributed by atoms with van der Waals surface area (Å²) in [6, 6.07) is 7.87. The lowest BCUT2D eigenvalue weighted by molar-refractivity contribution is 0.0418. The number of carbonyl (C=O) groups is 1. The van der Waals surface area contributed by atoms with Gasteiger partial charge in [-0.1, -0.05) is 6.07 Å². The molecule has 1 aliphatic rings. The number of ether oxygens (including phenoxy) is 1. The largest absolute Gasteiger partial charge is 0.369 e. The Hall–Kier alpha value is -1.92. The minimum absolute atomic E-state index is 0.0833. The van der Waals surface area contributed by atoms with Gasteiger partial charge in [-0.25, -0.2) is 4.98 Å². The molecule has 0 radical (unpaired) electrons. The zero-order chi connectivity index (χ0) is 15.4. The van der Waals surface area contributed by atoms with Crippen LogP contribution in [0.5, 0.6) is 0 Å². The van der Waals surface area contributed by atoms with Gasteiger partial charge in [0.15, 0.2) is 0 Å². The molecule has 2 aromatic heterocycles. The molecular formula is C16H19N3O2S. The van der Waals surface area contributed by atoms with Gasteiger partial charge in [0.05, 0.1) is 18.7 Å². The highest BCUT2D eigenvalue weighted by Gasteiger charge is 2.23. The second-order valence-electron chi connectivity index (χ2n) is 5.09. The van der Waals surface area contributed by atoms with E-state index in [4.69, 9.17) is 4.74 Å². The van der Waals surface area contributed by atoms with E-state index in [2.05, 4.69) is 26.6 Å². The van der Waals surface area contributed by atoms with Crippen LogP contribution in [0.25, 0.3) is 0 Å². The Kier molecular flexibility index (Phi) is 4.70. The number of thiophene rings is 1. The molecule has 5 nitrogen and oxygen atoms in total. The van der Waals surface area contributed by atoms with Crippen LogP contribution in [0.15, 0.2) is 35.8 Å². The molecule has 22 heavy (non-hydrogen) atoms. The predicted molar refractivity (Wildman–Crippen MR) is 87.5 cm³/mol. The summed E-state index contributed by atoms with van der Waals surface area (Å²) in [5.41, 5.74) is 0.591. The quantitative estimate of drug-likeness (QED) is 0.941. The molecule has 0 saturated carbocycles. The standard InChI is InChI=1S/C16H19N3O2S/c1-2-17-16(20)12-5-6-15(18-10-12)19-7-8-21-13(11-19)14-4-3-9-22-14/h3-6,9-10,13H,2,7-8,11H2,1H3,(H,17,20). The molecule has 0 spiro atoms. The van der Waals surface area contributed by atoms with Crippen molar-refractivity contribution in [3.63, 3.8) is 0 Å². The molecule has 2 aromatic rings. The van der Waals surface area contributed by atoms with Gasteiger partial charge in [0.25, 0.3) is 5.91 Å². The summed E-state index contributed by atoms with van der Waals surface area (Å²) in [5, 5.41) is 4.84. The first-order chi connectivity index (χ1) is 10.8. The van der Waals surface area contributed by atoms with Crippen molar-refractivity contribution in [2.24, 2.45) is 0 Å². The maximum absolute atomic E-state index is 11.8. The molecule has 1 saturated heterocycles. The summed E-state index contributed by atoms with van der Waals surface area (Å²) >= 11 is 1.71. The maximum Gasteiger partial charge on any atom is 0.252 e. The summed E-state index contributed by atoms with van der Waals surface area (Å²) in [6.07, 6.45) is 1.73. The zero-order valence-electron chi connectivity index (χ0n) is 12.5. The third-order valence-corrected chi connectivity index (χ3v) is 4.56. The summed E-state index contributed by atoms with van der Waals surface area (Å²) in [5.74, 6) is 0.804. The molecular weight excluding hydrogens is 298 g/mol. The van der Waals surface area contributed by atoms with Crippen molar-refractivity contribution in [3.05, 3.63) is 46.3 Å².